The number of aliphatic hydroxyl groups excluding tert-OH is 1. The van der Waals surface area contributed by atoms with Crippen LogP contribution in [-0.2, 0) is 6.42 Å². The van der Waals surface area contributed by atoms with E-state index in [-0.39, 0.29) is 12.1 Å². The maximum atomic E-state index is 9.43. The van der Waals surface area contributed by atoms with Gasteiger partial charge in [-0.25, -0.2) is 0 Å². The van der Waals surface area contributed by atoms with Crippen LogP contribution in [0, 0.1) is 6.92 Å². The summed E-state index contributed by atoms with van der Waals surface area (Å²) in [6.07, 6.45) is 0.655. The van der Waals surface area contributed by atoms with Gasteiger partial charge in [0, 0.05) is 5.69 Å². The van der Waals surface area contributed by atoms with Crippen LogP contribution in [0.2, 0.25) is 0 Å². The van der Waals surface area contributed by atoms with Gasteiger partial charge in [-0.2, -0.15) is 0 Å². The summed E-state index contributed by atoms with van der Waals surface area (Å²) in [4.78, 5) is 0. The molecule has 2 rings (SSSR count). The number of hydrogen-bond donors (Lipinski definition) is 2. The van der Waals surface area contributed by atoms with Gasteiger partial charge in [0.05, 0.1) is 12.1 Å². The SMILES string of the molecule is Cc1ccc2c(c1)CC(C(C)O)N2. The van der Waals surface area contributed by atoms with Crippen LogP contribution >= 0.6 is 0 Å². The Morgan fingerprint density at radius 2 is 2.31 bits per heavy atom. The standard InChI is InChI=1S/C11H15NO/c1-7-3-4-10-9(5-7)6-11(12-10)8(2)13/h3-5,8,11-13H,6H2,1-2H3. The molecule has 0 saturated carbocycles. The monoisotopic (exact) mass is 177 g/mol. The second-order valence-electron chi connectivity index (χ2n) is 3.86. The van der Waals surface area contributed by atoms with E-state index in [0.717, 1.165) is 6.42 Å². The highest BCUT2D eigenvalue weighted by atomic mass is 16.3. The lowest BCUT2D eigenvalue weighted by Gasteiger charge is -2.13. The zero-order valence-corrected chi connectivity index (χ0v) is 8.04. The summed E-state index contributed by atoms with van der Waals surface area (Å²) in [5.41, 5.74) is 3.79. The highest BCUT2D eigenvalue weighted by Crippen LogP contribution is 2.27. The third kappa shape index (κ3) is 1.54. The van der Waals surface area contributed by atoms with E-state index >= 15 is 0 Å². The zero-order chi connectivity index (χ0) is 9.42. The number of hydrogen-bond acceptors (Lipinski definition) is 2. The Balaban J connectivity index is 2.25. The molecule has 2 unspecified atom stereocenters. The number of aliphatic hydroxyl groups is 1. The number of fused-ring (bicyclic) bond motifs is 1. The zero-order valence-electron chi connectivity index (χ0n) is 8.04. The molecule has 2 nitrogen and oxygen atoms in total. The van der Waals surface area contributed by atoms with Gasteiger partial charge in [-0.05, 0) is 31.9 Å². The molecule has 1 heterocycles. The molecule has 1 aliphatic rings. The third-order valence-electron chi connectivity index (χ3n) is 2.62. The fraction of sp³-hybridized carbons (Fsp3) is 0.455. The lowest BCUT2D eigenvalue weighted by Crippen LogP contribution is -2.28. The van der Waals surface area contributed by atoms with Crippen molar-refractivity contribution in [3.05, 3.63) is 29.3 Å². The molecule has 2 N–H and O–H groups in total. The Morgan fingerprint density at radius 3 is 3.00 bits per heavy atom. The Hall–Kier alpha value is -1.02. The first kappa shape index (κ1) is 8.57. The lowest BCUT2D eigenvalue weighted by atomic mass is 10.1. The quantitative estimate of drug-likeness (QED) is 0.684. The molecule has 0 saturated heterocycles. The molecule has 2 atom stereocenters. The third-order valence-corrected chi connectivity index (χ3v) is 2.62. The molecule has 0 bridgehead atoms. The molecular weight excluding hydrogens is 162 g/mol. The van der Waals surface area contributed by atoms with E-state index in [1.54, 1.807) is 0 Å². The second kappa shape index (κ2) is 3.04. The maximum Gasteiger partial charge on any atom is 0.0716 e. The van der Waals surface area contributed by atoms with Crippen LogP contribution in [-0.4, -0.2) is 17.3 Å². The Bertz CT molecular complexity index is 320. The van der Waals surface area contributed by atoms with Crippen molar-refractivity contribution in [2.24, 2.45) is 0 Å². The molecule has 0 radical (unpaired) electrons. The topological polar surface area (TPSA) is 32.3 Å². The number of aryl methyl sites for hydroxylation is 1. The van der Waals surface area contributed by atoms with E-state index in [0.29, 0.717) is 0 Å². The summed E-state index contributed by atoms with van der Waals surface area (Å²) in [6.45, 7) is 3.92. The van der Waals surface area contributed by atoms with Crippen LogP contribution in [0.3, 0.4) is 0 Å². The van der Waals surface area contributed by atoms with Crippen LogP contribution in [0.15, 0.2) is 18.2 Å². The molecule has 0 aromatic heterocycles. The molecular formula is C11H15NO. The number of rotatable bonds is 1. The average Bonchev–Trinajstić information content (AvgIpc) is 2.46. The van der Waals surface area contributed by atoms with Crippen molar-refractivity contribution >= 4 is 5.69 Å². The fourth-order valence-electron chi connectivity index (χ4n) is 1.81. The fourth-order valence-corrected chi connectivity index (χ4v) is 1.81. The molecule has 1 aromatic rings. The van der Waals surface area contributed by atoms with Crippen molar-refractivity contribution in [2.75, 3.05) is 5.32 Å². The normalized spacial score (nSPS) is 22.2. The van der Waals surface area contributed by atoms with Gasteiger partial charge in [0.25, 0.3) is 0 Å². The molecule has 0 aliphatic carbocycles. The summed E-state index contributed by atoms with van der Waals surface area (Å²) in [7, 11) is 0. The maximum absolute atomic E-state index is 9.43. The molecule has 0 spiro atoms. The lowest BCUT2D eigenvalue weighted by molar-refractivity contribution is 0.174. The van der Waals surface area contributed by atoms with Crippen LogP contribution in [0.25, 0.3) is 0 Å². The van der Waals surface area contributed by atoms with Gasteiger partial charge in [0.1, 0.15) is 0 Å². The van der Waals surface area contributed by atoms with Crippen molar-refractivity contribution in [1.82, 2.24) is 0 Å². The van der Waals surface area contributed by atoms with E-state index in [1.165, 1.54) is 16.8 Å². The van der Waals surface area contributed by atoms with Crippen LogP contribution in [0.1, 0.15) is 18.1 Å². The van der Waals surface area contributed by atoms with Crippen molar-refractivity contribution in [3.8, 4) is 0 Å². The Labute approximate surface area is 78.6 Å². The minimum atomic E-state index is -0.285. The van der Waals surface area contributed by atoms with Gasteiger partial charge in [-0.3, -0.25) is 0 Å². The van der Waals surface area contributed by atoms with E-state index < -0.39 is 0 Å². The van der Waals surface area contributed by atoms with E-state index in [9.17, 15) is 5.11 Å². The minimum absolute atomic E-state index is 0.191. The first-order chi connectivity index (χ1) is 6.16. The number of nitrogens with one attached hydrogen (secondary N) is 1. The van der Waals surface area contributed by atoms with Gasteiger partial charge in [0.2, 0.25) is 0 Å². The smallest absolute Gasteiger partial charge is 0.0716 e. The highest BCUT2D eigenvalue weighted by molar-refractivity contribution is 5.58. The van der Waals surface area contributed by atoms with E-state index in [2.05, 4.69) is 30.4 Å². The average molecular weight is 177 g/mol. The minimum Gasteiger partial charge on any atom is -0.391 e. The first-order valence-corrected chi connectivity index (χ1v) is 4.71. The van der Waals surface area contributed by atoms with E-state index in [4.69, 9.17) is 0 Å². The van der Waals surface area contributed by atoms with Gasteiger partial charge in [-0.1, -0.05) is 17.7 Å². The van der Waals surface area contributed by atoms with Gasteiger partial charge >= 0.3 is 0 Å². The van der Waals surface area contributed by atoms with Crippen LogP contribution in [0.4, 0.5) is 5.69 Å². The number of anilines is 1. The van der Waals surface area contributed by atoms with Crippen molar-refractivity contribution in [1.29, 1.82) is 0 Å². The molecule has 0 amide bonds. The molecule has 0 fully saturated rings. The van der Waals surface area contributed by atoms with Gasteiger partial charge in [0.15, 0.2) is 0 Å². The highest BCUT2D eigenvalue weighted by Gasteiger charge is 2.23. The summed E-state index contributed by atoms with van der Waals surface area (Å²) >= 11 is 0. The van der Waals surface area contributed by atoms with E-state index in [1.807, 2.05) is 6.92 Å². The molecule has 70 valence electrons. The number of benzene rings is 1. The summed E-state index contributed by atoms with van der Waals surface area (Å²) in [5, 5.41) is 12.7. The summed E-state index contributed by atoms with van der Waals surface area (Å²) in [6, 6.07) is 6.56. The van der Waals surface area contributed by atoms with Crippen LogP contribution < -0.4 is 5.32 Å². The second-order valence-corrected chi connectivity index (χ2v) is 3.86. The first-order valence-electron chi connectivity index (χ1n) is 4.71. The largest absolute Gasteiger partial charge is 0.391 e. The molecule has 1 aliphatic heterocycles. The van der Waals surface area contributed by atoms with Crippen molar-refractivity contribution < 1.29 is 5.11 Å². The van der Waals surface area contributed by atoms with Gasteiger partial charge in [-0.15, -0.1) is 0 Å². The summed E-state index contributed by atoms with van der Waals surface area (Å²) in [5.74, 6) is 0. The Kier molecular flexibility index (Phi) is 2.00. The predicted molar refractivity (Wildman–Crippen MR) is 54.0 cm³/mol. The van der Waals surface area contributed by atoms with Crippen LogP contribution in [0.5, 0.6) is 0 Å². The predicted octanol–water partition coefficient (Wildman–Crippen LogP) is 1.71. The van der Waals surface area contributed by atoms with Gasteiger partial charge < -0.3 is 10.4 Å². The molecule has 2 heteroatoms. The Morgan fingerprint density at radius 1 is 1.54 bits per heavy atom. The molecule has 13 heavy (non-hydrogen) atoms. The summed E-state index contributed by atoms with van der Waals surface area (Å²) < 4.78 is 0. The van der Waals surface area contributed by atoms with Crippen molar-refractivity contribution in [2.45, 2.75) is 32.4 Å². The molecule has 1 aromatic carbocycles. The van der Waals surface area contributed by atoms with Crippen molar-refractivity contribution in [3.63, 3.8) is 0 Å².